The smallest absolute Gasteiger partial charge is 0.131 e. The van der Waals surface area contributed by atoms with Crippen molar-refractivity contribution in [3.63, 3.8) is 0 Å². The Morgan fingerprint density at radius 1 is 1.00 bits per heavy atom. The second kappa shape index (κ2) is 11.1. The Hall–Kier alpha value is -1.58. The van der Waals surface area contributed by atoms with Gasteiger partial charge in [-0.05, 0) is 31.2 Å². The minimum absolute atomic E-state index is 0.125. The predicted octanol–water partition coefficient (Wildman–Crippen LogP) is 6.12. The van der Waals surface area contributed by atoms with Gasteiger partial charge in [-0.1, -0.05) is 68.5 Å². The fourth-order valence-electron chi connectivity index (χ4n) is 2.69. The lowest BCUT2D eigenvalue weighted by molar-refractivity contribution is 0.296. The van der Waals surface area contributed by atoms with Gasteiger partial charge in [0.1, 0.15) is 18.2 Å². The van der Waals surface area contributed by atoms with Crippen molar-refractivity contribution in [3.05, 3.63) is 64.4 Å². The van der Waals surface area contributed by atoms with E-state index in [9.17, 15) is 4.39 Å². The van der Waals surface area contributed by atoms with Crippen LogP contribution in [-0.2, 0) is 13.2 Å². The summed E-state index contributed by atoms with van der Waals surface area (Å²) in [6.07, 6.45) is 6.35. The highest BCUT2D eigenvalue weighted by Gasteiger charge is 2.09. The van der Waals surface area contributed by atoms with Crippen LogP contribution in [0.1, 0.15) is 50.2 Å². The Morgan fingerprint density at radius 2 is 1.80 bits per heavy atom. The predicted molar refractivity (Wildman–Crippen MR) is 103 cm³/mol. The summed E-state index contributed by atoms with van der Waals surface area (Å²) in [5, 5.41) is 3.85. The summed E-state index contributed by atoms with van der Waals surface area (Å²) in [6.45, 7) is 4.09. The topological polar surface area (TPSA) is 21.3 Å². The molecule has 0 unspecified atom stereocenters. The van der Waals surface area contributed by atoms with Crippen molar-refractivity contribution in [2.24, 2.45) is 0 Å². The molecule has 4 heteroatoms. The first-order valence-electron chi connectivity index (χ1n) is 9.06. The van der Waals surface area contributed by atoms with Crippen LogP contribution in [-0.4, -0.2) is 6.54 Å². The van der Waals surface area contributed by atoms with E-state index in [1.165, 1.54) is 38.2 Å². The van der Waals surface area contributed by atoms with Crippen LogP contribution in [0.3, 0.4) is 0 Å². The molecule has 0 aliphatic rings. The average molecular weight is 364 g/mol. The van der Waals surface area contributed by atoms with Gasteiger partial charge < -0.3 is 10.1 Å². The van der Waals surface area contributed by atoms with E-state index in [2.05, 4.69) is 12.2 Å². The van der Waals surface area contributed by atoms with Crippen LogP contribution in [0.4, 0.5) is 4.39 Å². The molecule has 0 atom stereocenters. The molecule has 0 heterocycles. The molecule has 25 heavy (non-hydrogen) atoms. The molecule has 0 radical (unpaired) electrons. The Kier molecular flexibility index (Phi) is 8.78. The summed E-state index contributed by atoms with van der Waals surface area (Å²) in [5.41, 5.74) is 1.46. The van der Waals surface area contributed by atoms with Crippen LogP contribution in [0.5, 0.6) is 5.75 Å². The lowest BCUT2D eigenvalue weighted by Gasteiger charge is -2.13. The van der Waals surface area contributed by atoms with Crippen molar-refractivity contribution in [2.45, 2.75) is 52.2 Å². The fourth-order valence-corrected chi connectivity index (χ4v) is 2.91. The van der Waals surface area contributed by atoms with Crippen molar-refractivity contribution in [1.29, 1.82) is 0 Å². The third-order valence-electron chi connectivity index (χ3n) is 4.18. The SMILES string of the molecule is CCCCCCCNCc1ccccc1OCc1c(F)cccc1Cl. The molecule has 0 spiro atoms. The van der Waals surface area contributed by atoms with Crippen molar-refractivity contribution < 1.29 is 9.13 Å². The number of para-hydroxylation sites is 1. The van der Waals surface area contributed by atoms with Crippen LogP contribution in [0.15, 0.2) is 42.5 Å². The zero-order chi connectivity index (χ0) is 17.9. The molecular weight excluding hydrogens is 337 g/mol. The van der Waals surface area contributed by atoms with Gasteiger partial charge in [-0.3, -0.25) is 0 Å². The first-order valence-corrected chi connectivity index (χ1v) is 9.44. The second-order valence-corrected chi connectivity index (χ2v) is 6.59. The molecule has 0 saturated heterocycles. The molecule has 0 bridgehead atoms. The van der Waals surface area contributed by atoms with E-state index in [0.29, 0.717) is 10.6 Å². The summed E-state index contributed by atoms with van der Waals surface area (Å²) in [5.74, 6) is 0.426. The molecule has 0 saturated carbocycles. The zero-order valence-corrected chi connectivity index (χ0v) is 15.6. The van der Waals surface area contributed by atoms with Gasteiger partial charge in [0.2, 0.25) is 0 Å². The minimum atomic E-state index is -0.338. The largest absolute Gasteiger partial charge is 0.488 e. The first kappa shape index (κ1) is 19.7. The maximum absolute atomic E-state index is 13.9. The molecule has 2 nitrogen and oxygen atoms in total. The third kappa shape index (κ3) is 6.68. The number of unbranched alkanes of at least 4 members (excludes halogenated alkanes) is 4. The van der Waals surface area contributed by atoms with Gasteiger partial charge in [-0.2, -0.15) is 0 Å². The van der Waals surface area contributed by atoms with E-state index in [0.717, 1.165) is 24.4 Å². The molecule has 2 rings (SSSR count). The number of hydrogen-bond donors (Lipinski definition) is 1. The summed E-state index contributed by atoms with van der Waals surface area (Å²) in [6, 6.07) is 12.5. The Labute approximate surface area is 155 Å². The second-order valence-electron chi connectivity index (χ2n) is 6.19. The summed E-state index contributed by atoms with van der Waals surface area (Å²) < 4.78 is 19.7. The van der Waals surface area contributed by atoms with Gasteiger partial charge in [0.05, 0.1) is 5.02 Å². The van der Waals surface area contributed by atoms with E-state index >= 15 is 0 Å². The molecule has 136 valence electrons. The van der Waals surface area contributed by atoms with Crippen LogP contribution < -0.4 is 10.1 Å². The maximum Gasteiger partial charge on any atom is 0.131 e. The molecule has 2 aromatic carbocycles. The number of benzene rings is 2. The van der Waals surface area contributed by atoms with Gasteiger partial charge in [0.15, 0.2) is 0 Å². The lowest BCUT2D eigenvalue weighted by atomic mass is 10.1. The molecule has 0 aliphatic heterocycles. The van der Waals surface area contributed by atoms with Gasteiger partial charge in [0.25, 0.3) is 0 Å². The van der Waals surface area contributed by atoms with E-state index in [1.54, 1.807) is 12.1 Å². The van der Waals surface area contributed by atoms with Gasteiger partial charge >= 0.3 is 0 Å². The molecule has 0 aliphatic carbocycles. The van der Waals surface area contributed by atoms with Gasteiger partial charge in [-0.25, -0.2) is 4.39 Å². The number of nitrogens with one attached hydrogen (secondary N) is 1. The Morgan fingerprint density at radius 3 is 2.60 bits per heavy atom. The van der Waals surface area contributed by atoms with E-state index in [-0.39, 0.29) is 12.4 Å². The quantitative estimate of drug-likeness (QED) is 0.486. The highest BCUT2D eigenvalue weighted by molar-refractivity contribution is 6.31. The number of hydrogen-bond acceptors (Lipinski definition) is 2. The highest BCUT2D eigenvalue weighted by Crippen LogP contribution is 2.23. The van der Waals surface area contributed by atoms with Gasteiger partial charge in [0, 0.05) is 17.7 Å². The van der Waals surface area contributed by atoms with Crippen molar-refractivity contribution >= 4 is 11.6 Å². The number of rotatable bonds is 11. The van der Waals surface area contributed by atoms with E-state index in [1.807, 2.05) is 24.3 Å². The molecule has 2 aromatic rings. The monoisotopic (exact) mass is 363 g/mol. The van der Waals surface area contributed by atoms with Crippen molar-refractivity contribution in [1.82, 2.24) is 5.32 Å². The van der Waals surface area contributed by atoms with Crippen LogP contribution in [0.2, 0.25) is 5.02 Å². The van der Waals surface area contributed by atoms with Crippen LogP contribution >= 0.6 is 11.6 Å². The van der Waals surface area contributed by atoms with Crippen molar-refractivity contribution in [2.75, 3.05) is 6.54 Å². The maximum atomic E-state index is 13.9. The first-order chi connectivity index (χ1) is 12.2. The Balaban J connectivity index is 1.84. The molecule has 1 N–H and O–H groups in total. The van der Waals surface area contributed by atoms with E-state index < -0.39 is 0 Å². The standard InChI is InChI=1S/C21H27ClFNO/c1-2-3-4-5-8-14-24-15-17-10-6-7-13-21(17)25-16-18-19(22)11-9-12-20(18)23/h6-7,9-13,24H,2-5,8,14-16H2,1H3. The minimum Gasteiger partial charge on any atom is -0.488 e. The molecular formula is C21H27ClFNO. The number of ether oxygens (including phenoxy) is 1. The molecule has 0 fully saturated rings. The summed E-state index contributed by atoms with van der Waals surface area (Å²) >= 11 is 6.06. The lowest BCUT2D eigenvalue weighted by Crippen LogP contribution is -2.15. The number of halogens is 2. The van der Waals surface area contributed by atoms with Crippen LogP contribution in [0, 0.1) is 5.82 Å². The zero-order valence-electron chi connectivity index (χ0n) is 14.9. The highest BCUT2D eigenvalue weighted by atomic mass is 35.5. The molecule has 0 aromatic heterocycles. The van der Waals surface area contributed by atoms with Crippen LogP contribution in [0.25, 0.3) is 0 Å². The normalized spacial score (nSPS) is 10.8. The van der Waals surface area contributed by atoms with Gasteiger partial charge in [-0.15, -0.1) is 0 Å². The average Bonchev–Trinajstić information content (AvgIpc) is 2.61. The fraction of sp³-hybridized carbons (Fsp3) is 0.429. The Bertz CT molecular complexity index is 627. The molecule has 0 amide bonds. The summed E-state index contributed by atoms with van der Waals surface area (Å²) in [4.78, 5) is 0. The third-order valence-corrected chi connectivity index (χ3v) is 4.53. The van der Waals surface area contributed by atoms with E-state index in [4.69, 9.17) is 16.3 Å². The van der Waals surface area contributed by atoms with Crippen molar-refractivity contribution in [3.8, 4) is 5.75 Å². The summed E-state index contributed by atoms with van der Waals surface area (Å²) in [7, 11) is 0.